The van der Waals surface area contributed by atoms with E-state index in [-0.39, 0.29) is 17.1 Å². The van der Waals surface area contributed by atoms with Crippen LogP contribution in [0.4, 0.5) is 5.69 Å². The molecule has 0 aliphatic heterocycles. The van der Waals surface area contributed by atoms with Crippen molar-refractivity contribution in [1.82, 2.24) is 10.3 Å². The molecule has 1 saturated carbocycles. The second kappa shape index (κ2) is 6.48. The Bertz CT molecular complexity index is 469. The van der Waals surface area contributed by atoms with Gasteiger partial charge in [0.15, 0.2) is 0 Å². The number of amides is 1. The van der Waals surface area contributed by atoms with Crippen molar-refractivity contribution < 1.29 is 4.79 Å². The molecule has 1 aliphatic carbocycles. The molecule has 1 fully saturated rings. The van der Waals surface area contributed by atoms with Crippen LogP contribution in [-0.4, -0.2) is 28.4 Å². The summed E-state index contributed by atoms with van der Waals surface area (Å²) >= 11 is 7.67. The number of carbonyl (C=O) groups excluding carboxylic acids is 1. The Hall–Kier alpha value is -0.940. The third kappa shape index (κ3) is 3.76. The maximum absolute atomic E-state index is 12.2. The number of rotatable bonds is 3. The fourth-order valence-corrected chi connectivity index (χ4v) is 3.38. The average molecular weight is 300 g/mol. The number of hydrogen-bond acceptors (Lipinski definition) is 4. The van der Waals surface area contributed by atoms with Crippen molar-refractivity contribution in [3.63, 3.8) is 0 Å². The summed E-state index contributed by atoms with van der Waals surface area (Å²) in [6, 6.07) is 1.74. The summed E-state index contributed by atoms with van der Waals surface area (Å²) in [5.41, 5.74) is 6.53. The number of carbonyl (C=O) groups is 1. The summed E-state index contributed by atoms with van der Waals surface area (Å²) < 4.78 is 0. The lowest BCUT2D eigenvalue weighted by molar-refractivity contribution is 0.0929. The van der Waals surface area contributed by atoms with E-state index in [0.29, 0.717) is 16.5 Å². The van der Waals surface area contributed by atoms with Crippen molar-refractivity contribution in [2.75, 3.05) is 12.0 Å². The van der Waals surface area contributed by atoms with Crippen molar-refractivity contribution >= 4 is 35.0 Å². The SMILES string of the molecule is CSC1CCCC(NC(=O)c2cc(Cl)ncc2N)C1. The van der Waals surface area contributed by atoms with Gasteiger partial charge in [0.25, 0.3) is 5.91 Å². The van der Waals surface area contributed by atoms with Gasteiger partial charge in [0.2, 0.25) is 0 Å². The summed E-state index contributed by atoms with van der Waals surface area (Å²) in [7, 11) is 0. The zero-order chi connectivity index (χ0) is 13.8. The van der Waals surface area contributed by atoms with Gasteiger partial charge < -0.3 is 11.1 Å². The topological polar surface area (TPSA) is 68.0 Å². The molecular weight excluding hydrogens is 282 g/mol. The molecule has 1 amide bonds. The van der Waals surface area contributed by atoms with Crippen LogP contribution in [0.3, 0.4) is 0 Å². The summed E-state index contributed by atoms with van der Waals surface area (Å²) in [5, 5.41) is 3.97. The Balaban J connectivity index is 2.02. The first kappa shape index (κ1) is 14.5. The molecule has 0 radical (unpaired) electrons. The predicted octanol–water partition coefficient (Wildman–Crippen LogP) is 2.72. The van der Waals surface area contributed by atoms with Crippen LogP contribution in [-0.2, 0) is 0 Å². The lowest BCUT2D eigenvalue weighted by atomic mass is 9.94. The molecule has 0 aromatic carbocycles. The number of nitrogens with two attached hydrogens (primary N) is 1. The highest BCUT2D eigenvalue weighted by Gasteiger charge is 2.23. The molecule has 19 heavy (non-hydrogen) atoms. The van der Waals surface area contributed by atoms with Crippen LogP contribution in [0.5, 0.6) is 0 Å². The van der Waals surface area contributed by atoms with Crippen LogP contribution in [0.1, 0.15) is 36.0 Å². The first-order valence-electron chi connectivity index (χ1n) is 6.35. The molecule has 0 bridgehead atoms. The van der Waals surface area contributed by atoms with Crippen LogP contribution < -0.4 is 11.1 Å². The third-order valence-corrected chi connectivity index (χ3v) is 4.74. The molecule has 1 heterocycles. The van der Waals surface area contributed by atoms with E-state index in [0.717, 1.165) is 19.3 Å². The molecule has 1 aromatic heterocycles. The quantitative estimate of drug-likeness (QED) is 0.842. The number of nitrogen functional groups attached to an aromatic ring is 1. The molecule has 6 heteroatoms. The van der Waals surface area contributed by atoms with Crippen LogP contribution in [0.2, 0.25) is 5.15 Å². The lowest BCUT2D eigenvalue weighted by Gasteiger charge is -2.28. The van der Waals surface area contributed by atoms with Gasteiger partial charge in [-0.2, -0.15) is 11.8 Å². The van der Waals surface area contributed by atoms with Gasteiger partial charge in [0.05, 0.1) is 17.4 Å². The fourth-order valence-electron chi connectivity index (χ4n) is 2.39. The molecule has 4 nitrogen and oxygen atoms in total. The van der Waals surface area contributed by atoms with Gasteiger partial charge in [-0.1, -0.05) is 18.0 Å². The van der Waals surface area contributed by atoms with E-state index in [2.05, 4.69) is 16.6 Å². The fraction of sp³-hybridized carbons (Fsp3) is 0.538. The predicted molar refractivity (Wildman–Crippen MR) is 80.7 cm³/mol. The Labute approximate surface area is 122 Å². The van der Waals surface area contributed by atoms with Crippen LogP contribution in [0.25, 0.3) is 0 Å². The number of aromatic nitrogens is 1. The molecule has 3 N–H and O–H groups in total. The average Bonchev–Trinajstić information content (AvgIpc) is 2.41. The number of hydrogen-bond donors (Lipinski definition) is 2. The van der Waals surface area contributed by atoms with Gasteiger partial charge in [-0.25, -0.2) is 4.98 Å². The van der Waals surface area contributed by atoms with E-state index in [1.54, 1.807) is 0 Å². The Morgan fingerprint density at radius 2 is 2.37 bits per heavy atom. The minimum atomic E-state index is -0.159. The standard InChI is InChI=1S/C13H18ClN3OS/c1-19-9-4-2-3-8(5-9)17-13(18)10-6-12(14)16-7-11(10)15/h6-9H,2-5,15H2,1H3,(H,17,18). The third-order valence-electron chi connectivity index (χ3n) is 3.44. The van der Waals surface area contributed by atoms with Crippen molar-refractivity contribution in [2.45, 2.75) is 37.0 Å². The van der Waals surface area contributed by atoms with Gasteiger partial charge in [0.1, 0.15) is 5.15 Å². The van der Waals surface area contributed by atoms with E-state index in [1.807, 2.05) is 11.8 Å². The van der Waals surface area contributed by atoms with Crippen molar-refractivity contribution in [2.24, 2.45) is 0 Å². The maximum atomic E-state index is 12.2. The van der Waals surface area contributed by atoms with E-state index in [4.69, 9.17) is 17.3 Å². The first-order valence-corrected chi connectivity index (χ1v) is 8.01. The molecule has 2 rings (SSSR count). The van der Waals surface area contributed by atoms with Crippen molar-refractivity contribution in [1.29, 1.82) is 0 Å². The second-order valence-electron chi connectivity index (χ2n) is 4.79. The van der Waals surface area contributed by atoms with E-state index in [1.165, 1.54) is 18.7 Å². The second-order valence-corrected chi connectivity index (χ2v) is 6.31. The zero-order valence-electron chi connectivity index (χ0n) is 10.9. The Kier molecular flexibility index (Phi) is 4.93. The summed E-state index contributed by atoms with van der Waals surface area (Å²) in [6.45, 7) is 0. The van der Waals surface area contributed by atoms with E-state index in [9.17, 15) is 4.79 Å². The first-order chi connectivity index (χ1) is 9.10. The highest BCUT2D eigenvalue weighted by molar-refractivity contribution is 7.99. The van der Waals surface area contributed by atoms with E-state index >= 15 is 0 Å². The molecular formula is C13H18ClN3OS. The number of pyridine rings is 1. The van der Waals surface area contributed by atoms with Gasteiger partial charge >= 0.3 is 0 Å². The van der Waals surface area contributed by atoms with Gasteiger partial charge in [-0.3, -0.25) is 4.79 Å². The summed E-state index contributed by atoms with van der Waals surface area (Å²) in [5.74, 6) is -0.159. The lowest BCUT2D eigenvalue weighted by Crippen LogP contribution is -2.39. The smallest absolute Gasteiger partial charge is 0.253 e. The minimum Gasteiger partial charge on any atom is -0.397 e. The molecule has 0 saturated heterocycles. The molecule has 2 atom stereocenters. The van der Waals surface area contributed by atoms with Gasteiger partial charge in [-0.05, 0) is 31.6 Å². The zero-order valence-corrected chi connectivity index (χ0v) is 12.4. The summed E-state index contributed by atoms with van der Waals surface area (Å²) in [4.78, 5) is 16.0. The minimum absolute atomic E-state index is 0.159. The number of anilines is 1. The van der Waals surface area contributed by atoms with Gasteiger partial charge in [0, 0.05) is 11.3 Å². The van der Waals surface area contributed by atoms with Crippen LogP contribution >= 0.6 is 23.4 Å². The van der Waals surface area contributed by atoms with E-state index < -0.39 is 0 Å². The Morgan fingerprint density at radius 3 is 3.11 bits per heavy atom. The van der Waals surface area contributed by atoms with Crippen LogP contribution in [0, 0.1) is 0 Å². The Morgan fingerprint density at radius 1 is 1.58 bits per heavy atom. The molecule has 104 valence electrons. The molecule has 0 spiro atoms. The van der Waals surface area contributed by atoms with Crippen LogP contribution in [0.15, 0.2) is 12.3 Å². The highest BCUT2D eigenvalue weighted by Crippen LogP contribution is 2.27. The number of halogens is 1. The molecule has 2 unspecified atom stereocenters. The number of nitrogens with one attached hydrogen (secondary N) is 1. The molecule has 1 aliphatic rings. The number of thioether (sulfide) groups is 1. The summed E-state index contributed by atoms with van der Waals surface area (Å²) in [6.07, 6.45) is 7.98. The normalized spacial score (nSPS) is 23.1. The largest absolute Gasteiger partial charge is 0.397 e. The van der Waals surface area contributed by atoms with Crippen molar-refractivity contribution in [3.05, 3.63) is 23.0 Å². The highest BCUT2D eigenvalue weighted by atomic mass is 35.5. The monoisotopic (exact) mass is 299 g/mol. The number of nitrogens with zero attached hydrogens (tertiary/aromatic N) is 1. The van der Waals surface area contributed by atoms with Gasteiger partial charge in [-0.15, -0.1) is 0 Å². The maximum Gasteiger partial charge on any atom is 0.253 e. The molecule has 1 aromatic rings. The van der Waals surface area contributed by atoms with Crippen molar-refractivity contribution in [3.8, 4) is 0 Å².